The van der Waals surface area contributed by atoms with Crippen molar-refractivity contribution in [1.29, 1.82) is 0 Å². The average molecular weight is 289 g/mol. The Morgan fingerprint density at radius 2 is 2.28 bits per heavy atom. The number of carbonyl (C=O) groups excluding carboxylic acids is 1. The van der Waals surface area contributed by atoms with Crippen molar-refractivity contribution < 1.29 is 9.90 Å². The third-order valence-electron chi connectivity index (χ3n) is 2.89. The number of amides is 1. The Kier molecular flexibility index (Phi) is 4.45. The summed E-state index contributed by atoms with van der Waals surface area (Å²) in [5.74, 6) is -0.127. The summed E-state index contributed by atoms with van der Waals surface area (Å²) in [6, 6.07) is 4.82. The summed E-state index contributed by atoms with van der Waals surface area (Å²) < 4.78 is 0. The van der Waals surface area contributed by atoms with Crippen molar-refractivity contribution in [3.8, 4) is 0 Å². The molecule has 0 aliphatic carbocycles. The van der Waals surface area contributed by atoms with Crippen LogP contribution in [0.3, 0.4) is 0 Å². The first-order valence-corrected chi connectivity index (χ1v) is 6.45. The van der Waals surface area contributed by atoms with Crippen molar-refractivity contribution in [2.75, 3.05) is 6.54 Å². The van der Waals surface area contributed by atoms with Gasteiger partial charge in [0.05, 0.1) is 12.1 Å². The van der Waals surface area contributed by atoms with Gasteiger partial charge >= 0.3 is 0 Å². The maximum absolute atomic E-state index is 11.8. The normalized spacial score (nSPS) is 23.1. The number of aliphatic hydroxyl groups excluding tert-OH is 1. The molecule has 1 amide bonds. The molecule has 4 nitrogen and oxygen atoms in total. The number of carbonyl (C=O) groups is 1. The zero-order valence-corrected chi connectivity index (χ0v) is 11.1. The molecule has 3 N–H and O–H groups in total. The number of β-amino-alcohol motifs (C(OH)–C–C–N with tert-alkyl or cyclic N) is 1. The van der Waals surface area contributed by atoms with Gasteiger partial charge in [-0.2, -0.15) is 0 Å². The van der Waals surface area contributed by atoms with Gasteiger partial charge in [0, 0.05) is 23.1 Å². The molecule has 0 saturated carbocycles. The molecule has 2 rings (SSSR count). The van der Waals surface area contributed by atoms with Gasteiger partial charge in [-0.1, -0.05) is 29.3 Å². The van der Waals surface area contributed by atoms with Crippen molar-refractivity contribution in [2.24, 2.45) is 0 Å². The summed E-state index contributed by atoms with van der Waals surface area (Å²) in [5, 5.41) is 16.2. The molecule has 0 radical (unpaired) electrons. The number of benzene rings is 1. The Hall–Kier alpha value is -0.810. The highest BCUT2D eigenvalue weighted by Gasteiger charge is 2.27. The lowest BCUT2D eigenvalue weighted by molar-refractivity contribution is -0.123. The van der Waals surface area contributed by atoms with E-state index in [0.717, 1.165) is 5.56 Å². The van der Waals surface area contributed by atoms with E-state index in [9.17, 15) is 9.90 Å². The lowest BCUT2D eigenvalue weighted by Crippen LogP contribution is -2.40. The summed E-state index contributed by atoms with van der Waals surface area (Å²) in [4.78, 5) is 11.8. The summed E-state index contributed by atoms with van der Waals surface area (Å²) in [6.45, 7) is 0.808. The summed E-state index contributed by atoms with van der Waals surface area (Å²) in [5.41, 5.74) is 0.813. The molecule has 0 bridgehead atoms. The van der Waals surface area contributed by atoms with E-state index in [2.05, 4.69) is 10.6 Å². The molecule has 98 valence electrons. The van der Waals surface area contributed by atoms with E-state index in [-0.39, 0.29) is 11.9 Å². The van der Waals surface area contributed by atoms with E-state index in [1.54, 1.807) is 18.2 Å². The summed E-state index contributed by atoms with van der Waals surface area (Å²) >= 11 is 11.8. The second-order valence-corrected chi connectivity index (χ2v) is 5.15. The Morgan fingerprint density at radius 3 is 2.89 bits per heavy atom. The van der Waals surface area contributed by atoms with Crippen LogP contribution in [0.2, 0.25) is 10.0 Å². The molecular formula is C12H14Cl2N2O2. The van der Waals surface area contributed by atoms with Crippen LogP contribution in [-0.4, -0.2) is 29.7 Å². The van der Waals surface area contributed by atoms with Gasteiger partial charge in [-0.25, -0.2) is 0 Å². The largest absolute Gasteiger partial charge is 0.392 e. The lowest BCUT2D eigenvalue weighted by Gasteiger charge is -2.11. The molecule has 18 heavy (non-hydrogen) atoms. The first-order chi connectivity index (χ1) is 8.56. The Morgan fingerprint density at radius 1 is 1.50 bits per heavy atom. The standard InChI is InChI=1S/C12H14Cl2N2O2/c13-8-2-1-7(10(14)3-8)5-16-12(18)11-4-9(17)6-15-11/h1-3,9,11,15,17H,4-6H2,(H,16,18)/t9-,11-/m1/s1. The number of rotatable bonds is 3. The fourth-order valence-corrected chi connectivity index (χ4v) is 2.36. The molecule has 1 aromatic carbocycles. The van der Waals surface area contributed by atoms with Crippen molar-refractivity contribution >= 4 is 29.1 Å². The highest BCUT2D eigenvalue weighted by molar-refractivity contribution is 6.35. The monoisotopic (exact) mass is 288 g/mol. The molecule has 6 heteroatoms. The van der Waals surface area contributed by atoms with E-state index < -0.39 is 6.10 Å². The van der Waals surface area contributed by atoms with Gasteiger partial charge in [-0.3, -0.25) is 4.79 Å². The van der Waals surface area contributed by atoms with Crippen LogP contribution in [0.25, 0.3) is 0 Å². The summed E-state index contributed by atoms with van der Waals surface area (Å²) in [7, 11) is 0. The van der Waals surface area contributed by atoms with Gasteiger partial charge in [-0.15, -0.1) is 0 Å². The first kappa shape index (κ1) is 13.6. The van der Waals surface area contributed by atoms with Crippen molar-refractivity contribution in [1.82, 2.24) is 10.6 Å². The fourth-order valence-electron chi connectivity index (χ4n) is 1.89. The van der Waals surface area contributed by atoms with Gasteiger partial charge in [-0.05, 0) is 24.1 Å². The molecule has 1 aliphatic rings. The molecule has 1 aliphatic heterocycles. The van der Waals surface area contributed by atoms with Gasteiger partial charge in [0.2, 0.25) is 5.91 Å². The summed E-state index contributed by atoms with van der Waals surface area (Å²) in [6.07, 6.45) is 0.0000614. The molecule has 1 aromatic rings. The highest BCUT2D eigenvalue weighted by Crippen LogP contribution is 2.20. The van der Waals surface area contributed by atoms with Gasteiger partial charge in [0.25, 0.3) is 0 Å². The average Bonchev–Trinajstić information content (AvgIpc) is 2.74. The third kappa shape index (κ3) is 3.36. The topological polar surface area (TPSA) is 61.4 Å². The predicted octanol–water partition coefficient (Wildman–Crippen LogP) is 1.33. The second kappa shape index (κ2) is 5.89. The van der Waals surface area contributed by atoms with Crippen LogP contribution >= 0.6 is 23.2 Å². The Labute approximate surface area is 115 Å². The molecule has 0 spiro atoms. The Balaban J connectivity index is 1.89. The van der Waals surface area contributed by atoms with E-state index in [1.807, 2.05) is 0 Å². The minimum absolute atomic E-state index is 0.127. The predicted molar refractivity (Wildman–Crippen MR) is 70.7 cm³/mol. The van der Waals surface area contributed by atoms with Crippen LogP contribution in [0.4, 0.5) is 0 Å². The fraction of sp³-hybridized carbons (Fsp3) is 0.417. The van der Waals surface area contributed by atoms with Crippen molar-refractivity contribution in [2.45, 2.75) is 25.1 Å². The molecule has 0 aromatic heterocycles. The zero-order chi connectivity index (χ0) is 13.1. The SMILES string of the molecule is O=C(NCc1ccc(Cl)cc1Cl)[C@H]1C[C@@H](O)CN1. The number of hydrogen-bond donors (Lipinski definition) is 3. The lowest BCUT2D eigenvalue weighted by atomic mass is 10.2. The second-order valence-electron chi connectivity index (χ2n) is 4.30. The van der Waals surface area contributed by atoms with E-state index in [0.29, 0.717) is 29.6 Å². The van der Waals surface area contributed by atoms with Crippen LogP contribution in [0, 0.1) is 0 Å². The number of nitrogens with one attached hydrogen (secondary N) is 2. The van der Waals surface area contributed by atoms with E-state index in [4.69, 9.17) is 23.2 Å². The van der Waals surface area contributed by atoms with Gasteiger partial charge in [0.15, 0.2) is 0 Å². The molecule has 1 heterocycles. The highest BCUT2D eigenvalue weighted by atomic mass is 35.5. The Bertz CT molecular complexity index is 454. The van der Waals surface area contributed by atoms with Crippen LogP contribution in [0.15, 0.2) is 18.2 Å². The molecule has 2 atom stereocenters. The van der Waals surface area contributed by atoms with Crippen LogP contribution in [0.1, 0.15) is 12.0 Å². The van der Waals surface area contributed by atoms with Crippen LogP contribution in [0.5, 0.6) is 0 Å². The maximum atomic E-state index is 11.8. The molecule has 0 unspecified atom stereocenters. The van der Waals surface area contributed by atoms with E-state index >= 15 is 0 Å². The number of halogens is 2. The number of hydrogen-bond acceptors (Lipinski definition) is 3. The van der Waals surface area contributed by atoms with Crippen molar-refractivity contribution in [3.05, 3.63) is 33.8 Å². The smallest absolute Gasteiger partial charge is 0.237 e. The van der Waals surface area contributed by atoms with Gasteiger partial charge < -0.3 is 15.7 Å². The molecule has 1 saturated heterocycles. The zero-order valence-electron chi connectivity index (χ0n) is 9.62. The third-order valence-corrected chi connectivity index (χ3v) is 3.48. The van der Waals surface area contributed by atoms with Gasteiger partial charge in [0.1, 0.15) is 0 Å². The quantitative estimate of drug-likeness (QED) is 0.787. The van der Waals surface area contributed by atoms with Crippen molar-refractivity contribution in [3.63, 3.8) is 0 Å². The minimum Gasteiger partial charge on any atom is -0.392 e. The van der Waals surface area contributed by atoms with E-state index in [1.165, 1.54) is 0 Å². The molecular weight excluding hydrogens is 275 g/mol. The minimum atomic E-state index is -0.445. The first-order valence-electron chi connectivity index (χ1n) is 5.69. The van der Waals surface area contributed by atoms with Crippen LogP contribution < -0.4 is 10.6 Å². The number of aliphatic hydroxyl groups is 1. The molecule has 1 fully saturated rings. The van der Waals surface area contributed by atoms with Crippen LogP contribution in [-0.2, 0) is 11.3 Å². The maximum Gasteiger partial charge on any atom is 0.237 e.